The summed E-state index contributed by atoms with van der Waals surface area (Å²) in [5, 5.41) is 9.83. The van der Waals surface area contributed by atoms with Gasteiger partial charge in [0.15, 0.2) is 0 Å². The lowest BCUT2D eigenvalue weighted by molar-refractivity contribution is -0.129. The summed E-state index contributed by atoms with van der Waals surface area (Å²) in [6.45, 7) is 3.36. The van der Waals surface area contributed by atoms with Gasteiger partial charge in [0.25, 0.3) is 0 Å². The van der Waals surface area contributed by atoms with Crippen molar-refractivity contribution in [2.45, 2.75) is 25.6 Å². The third-order valence-corrected chi connectivity index (χ3v) is 3.51. The van der Waals surface area contributed by atoms with E-state index in [9.17, 15) is 4.79 Å². The van der Waals surface area contributed by atoms with Gasteiger partial charge in [-0.25, -0.2) is 0 Å². The van der Waals surface area contributed by atoms with Crippen molar-refractivity contribution in [3.8, 4) is 11.4 Å². The van der Waals surface area contributed by atoms with Gasteiger partial charge >= 0.3 is 0 Å². The summed E-state index contributed by atoms with van der Waals surface area (Å²) >= 11 is 0. The number of ether oxygens (including phenoxy) is 1. The molecule has 1 amide bonds. The van der Waals surface area contributed by atoms with Crippen LogP contribution in [0, 0.1) is 0 Å². The molecule has 2 heterocycles. The number of hydrogen-bond acceptors (Lipinski definition) is 6. The second-order valence-corrected chi connectivity index (χ2v) is 5.10. The van der Waals surface area contributed by atoms with Crippen LogP contribution in [-0.4, -0.2) is 41.3 Å². The molecule has 0 unspecified atom stereocenters. The lowest BCUT2D eigenvalue weighted by atomic mass is 10.1. The molecule has 0 spiro atoms. The summed E-state index contributed by atoms with van der Waals surface area (Å²) < 4.78 is 10.6. The molecule has 7 nitrogen and oxygen atoms in total. The molecule has 2 aromatic rings. The molecular formula is C15H18N4O3. The molecule has 0 saturated carbocycles. The molecule has 1 fully saturated rings. The number of rotatable bonds is 4. The highest BCUT2D eigenvalue weighted by Gasteiger charge is 2.28. The molecular weight excluding hydrogens is 284 g/mol. The van der Waals surface area contributed by atoms with Gasteiger partial charge in [0.2, 0.25) is 17.6 Å². The third-order valence-electron chi connectivity index (χ3n) is 3.51. The minimum absolute atomic E-state index is 0.133. The summed E-state index contributed by atoms with van der Waals surface area (Å²) in [6.07, 6.45) is -0.156. The van der Waals surface area contributed by atoms with E-state index in [0.717, 1.165) is 5.56 Å². The van der Waals surface area contributed by atoms with E-state index >= 15 is 0 Å². The van der Waals surface area contributed by atoms with E-state index < -0.39 is 0 Å². The molecule has 2 N–H and O–H groups in total. The van der Waals surface area contributed by atoms with Gasteiger partial charge in [-0.15, -0.1) is 0 Å². The predicted octanol–water partition coefficient (Wildman–Crippen LogP) is 0.730. The summed E-state index contributed by atoms with van der Waals surface area (Å²) in [5.41, 5.74) is 0.875. The van der Waals surface area contributed by atoms with Crippen molar-refractivity contribution in [1.29, 1.82) is 0 Å². The maximum absolute atomic E-state index is 12.1. The minimum atomic E-state index is -0.356. The van der Waals surface area contributed by atoms with Crippen LogP contribution in [0.15, 0.2) is 34.9 Å². The van der Waals surface area contributed by atoms with E-state index in [-0.39, 0.29) is 24.6 Å². The standard InChI is InChI=1S/C15H18N4O3/c1-10-13(16-7-8-21-10)15(20)17-9-12-18-14(19-22-12)11-5-3-2-4-6-11/h2-6,10,13,16H,7-9H2,1H3,(H,17,20)/t10-,13+/m1/s1. The number of hydrogen-bond donors (Lipinski definition) is 2. The Balaban J connectivity index is 1.58. The quantitative estimate of drug-likeness (QED) is 0.865. The second-order valence-electron chi connectivity index (χ2n) is 5.10. The topological polar surface area (TPSA) is 89.3 Å². The number of nitrogens with one attached hydrogen (secondary N) is 2. The zero-order valence-corrected chi connectivity index (χ0v) is 12.3. The van der Waals surface area contributed by atoms with Crippen molar-refractivity contribution in [1.82, 2.24) is 20.8 Å². The molecule has 22 heavy (non-hydrogen) atoms. The molecule has 1 aromatic carbocycles. The van der Waals surface area contributed by atoms with Gasteiger partial charge in [-0.2, -0.15) is 4.98 Å². The lowest BCUT2D eigenvalue weighted by Gasteiger charge is -2.29. The normalized spacial score (nSPS) is 21.5. The van der Waals surface area contributed by atoms with E-state index in [4.69, 9.17) is 9.26 Å². The molecule has 1 aromatic heterocycles. The van der Waals surface area contributed by atoms with Crippen molar-refractivity contribution < 1.29 is 14.1 Å². The number of carbonyl (C=O) groups excluding carboxylic acids is 1. The number of morpholine rings is 1. The zero-order chi connectivity index (χ0) is 15.4. The molecule has 3 rings (SSSR count). The van der Waals surface area contributed by atoms with Crippen LogP contribution in [0.2, 0.25) is 0 Å². The van der Waals surface area contributed by atoms with Crippen molar-refractivity contribution >= 4 is 5.91 Å². The first-order chi connectivity index (χ1) is 10.7. The van der Waals surface area contributed by atoms with E-state index in [0.29, 0.717) is 24.9 Å². The van der Waals surface area contributed by atoms with E-state index in [2.05, 4.69) is 20.8 Å². The van der Waals surface area contributed by atoms with Crippen molar-refractivity contribution in [3.05, 3.63) is 36.2 Å². The maximum Gasteiger partial charge on any atom is 0.246 e. The monoisotopic (exact) mass is 302 g/mol. The number of amides is 1. The first kappa shape index (κ1) is 14.7. The molecule has 0 aliphatic carbocycles. The van der Waals surface area contributed by atoms with Gasteiger partial charge in [-0.3, -0.25) is 4.79 Å². The van der Waals surface area contributed by atoms with E-state index in [1.807, 2.05) is 37.3 Å². The van der Waals surface area contributed by atoms with Crippen molar-refractivity contribution in [2.24, 2.45) is 0 Å². The summed E-state index contributed by atoms with van der Waals surface area (Å²) in [4.78, 5) is 16.4. The molecule has 1 aliphatic rings. The van der Waals surface area contributed by atoms with Gasteiger partial charge in [-0.05, 0) is 6.92 Å². The fraction of sp³-hybridized carbons (Fsp3) is 0.400. The molecule has 7 heteroatoms. The van der Waals surface area contributed by atoms with Gasteiger partial charge in [-0.1, -0.05) is 35.5 Å². The number of aromatic nitrogens is 2. The number of carbonyl (C=O) groups is 1. The van der Waals surface area contributed by atoms with Crippen LogP contribution < -0.4 is 10.6 Å². The van der Waals surface area contributed by atoms with Crippen LogP contribution in [0.4, 0.5) is 0 Å². The number of nitrogens with zero attached hydrogens (tertiary/aromatic N) is 2. The predicted molar refractivity (Wildman–Crippen MR) is 78.8 cm³/mol. The molecule has 0 bridgehead atoms. The van der Waals surface area contributed by atoms with Crippen LogP contribution >= 0.6 is 0 Å². The highest BCUT2D eigenvalue weighted by atomic mass is 16.5. The molecule has 2 atom stereocenters. The SMILES string of the molecule is C[C@H]1OCCN[C@@H]1C(=O)NCc1nc(-c2ccccc2)no1. The van der Waals surface area contributed by atoms with Gasteiger partial charge in [0.1, 0.15) is 6.04 Å². The maximum atomic E-state index is 12.1. The molecule has 116 valence electrons. The Bertz CT molecular complexity index is 629. The Labute approximate surface area is 128 Å². The van der Waals surface area contributed by atoms with Crippen molar-refractivity contribution in [3.63, 3.8) is 0 Å². The highest BCUT2D eigenvalue weighted by molar-refractivity contribution is 5.82. The molecule has 1 aliphatic heterocycles. The highest BCUT2D eigenvalue weighted by Crippen LogP contribution is 2.14. The Hall–Kier alpha value is -2.25. The molecule has 1 saturated heterocycles. The van der Waals surface area contributed by atoms with Crippen LogP contribution in [0.5, 0.6) is 0 Å². The largest absolute Gasteiger partial charge is 0.375 e. The first-order valence-electron chi connectivity index (χ1n) is 7.25. The summed E-state index contributed by atoms with van der Waals surface area (Å²) in [7, 11) is 0. The van der Waals surface area contributed by atoms with Gasteiger partial charge < -0.3 is 19.9 Å². The van der Waals surface area contributed by atoms with Crippen molar-refractivity contribution in [2.75, 3.05) is 13.2 Å². The Morgan fingerprint density at radius 3 is 3.00 bits per heavy atom. The summed E-state index contributed by atoms with van der Waals surface area (Å²) in [6, 6.07) is 9.18. The van der Waals surface area contributed by atoms with Gasteiger partial charge in [0, 0.05) is 12.1 Å². The van der Waals surface area contributed by atoms with Crippen LogP contribution in [0.1, 0.15) is 12.8 Å². The first-order valence-corrected chi connectivity index (χ1v) is 7.25. The average Bonchev–Trinajstić information content (AvgIpc) is 3.03. The lowest BCUT2D eigenvalue weighted by Crippen LogP contribution is -2.55. The molecule has 0 radical (unpaired) electrons. The third kappa shape index (κ3) is 3.32. The Morgan fingerprint density at radius 1 is 1.41 bits per heavy atom. The van der Waals surface area contributed by atoms with Crippen LogP contribution in [0.25, 0.3) is 11.4 Å². The Kier molecular flexibility index (Phi) is 4.45. The number of benzene rings is 1. The van der Waals surface area contributed by atoms with Crippen LogP contribution in [0.3, 0.4) is 0 Å². The Morgan fingerprint density at radius 2 is 2.23 bits per heavy atom. The fourth-order valence-corrected chi connectivity index (χ4v) is 2.33. The smallest absolute Gasteiger partial charge is 0.246 e. The summed E-state index contributed by atoms with van der Waals surface area (Å²) in [5.74, 6) is 0.751. The van der Waals surface area contributed by atoms with E-state index in [1.54, 1.807) is 0 Å². The minimum Gasteiger partial charge on any atom is -0.375 e. The zero-order valence-electron chi connectivity index (χ0n) is 12.3. The van der Waals surface area contributed by atoms with Gasteiger partial charge in [0.05, 0.1) is 19.3 Å². The van der Waals surface area contributed by atoms with Crippen LogP contribution in [-0.2, 0) is 16.1 Å². The second kappa shape index (κ2) is 6.67. The van der Waals surface area contributed by atoms with E-state index in [1.165, 1.54) is 0 Å². The fourth-order valence-electron chi connectivity index (χ4n) is 2.33. The average molecular weight is 302 g/mol.